The van der Waals surface area contributed by atoms with E-state index in [1.165, 1.54) is 5.56 Å². The fraction of sp³-hybridized carbons (Fsp3) is 0.188. The number of rotatable bonds is 3. The van der Waals surface area contributed by atoms with Crippen LogP contribution < -0.4 is 10.8 Å². The van der Waals surface area contributed by atoms with E-state index in [9.17, 15) is 0 Å². The molecule has 0 saturated carbocycles. The lowest BCUT2D eigenvalue weighted by Gasteiger charge is -2.08. The zero-order chi connectivity index (χ0) is 14.5. The Morgan fingerprint density at radius 1 is 1.25 bits per heavy atom. The minimum atomic E-state index is 0.816. The van der Waals surface area contributed by atoms with Gasteiger partial charge in [0.1, 0.15) is 11.3 Å². The molecule has 0 aliphatic rings. The summed E-state index contributed by atoms with van der Waals surface area (Å²) in [5.41, 5.74) is 3.15. The van der Waals surface area contributed by atoms with Crippen LogP contribution in [0.5, 0.6) is 0 Å². The van der Waals surface area contributed by atoms with Gasteiger partial charge in [0, 0.05) is 18.9 Å². The van der Waals surface area contributed by atoms with Gasteiger partial charge in [-0.2, -0.15) is 0 Å². The van der Waals surface area contributed by atoms with Crippen LogP contribution >= 0.6 is 15.9 Å². The SMILES string of the molecule is CC=C(/N=c1/c(Br)cccn1C)Nc1ccc(C)cc1. The van der Waals surface area contributed by atoms with Crippen LogP contribution in [0, 0.1) is 6.92 Å². The number of hydrogen-bond donors (Lipinski definition) is 1. The Morgan fingerprint density at radius 2 is 1.95 bits per heavy atom. The molecule has 2 rings (SSSR count). The molecule has 2 aromatic rings. The normalized spacial score (nSPS) is 12.6. The van der Waals surface area contributed by atoms with Gasteiger partial charge >= 0.3 is 0 Å². The molecule has 0 fully saturated rings. The predicted molar refractivity (Wildman–Crippen MR) is 87.2 cm³/mol. The summed E-state index contributed by atoms with van der Waals surface area (Å²) in [5.74, 6) is 0.816. The van der Waals surface area contributed by atoms with Crippen LogP contribution in [-0.2, 0) is 7.05 Å². The second kappa shape index (κ2) is 6.57. The van der Waals surface area contributed by atoms with Gasteiger partial charge in [-0.3, -0.25) is 0 Å². The summed E-state index contributed by atoms with van der Waals surface area (Å²) in [6.45, 7) is 4.04. The van der Waals surface area contributed by atoms with Gasteiger partial charge in [0.25, 0.3) is 0 Å². The van der Waals surface area contributed by atoms with E-state index in [4.69, 9.17) is 0 Å². The molecule has 0 spiro atoms. The molecule has 1 aromatic carbocycles. The van der Waals surface area contributed by atoms with Gasteiger partial charge in [-0.15, -0.1) is 0 Å². The zero-order valence-corrected chi connectivity index (χ0v) is 13.5. The Morgan fingerprint density at radius 3 is 2.55 bits per heavy atom. The summed E-state index contributed by atoms with van der Waals surface area (Å²) >= 11 is 3.53. The Labute approximate surface area is 127 Å². The third-order valence-electron chi connectivity index (χ3n) is 2.92. The van der Waals surface area contributed by atoms with Gasteiger partial charge in [0.15, 0.2) is 0 Å². The average Bonchev–Trinajstić information content (AvgIpc) is 2.44. The molecule has 1 heterocycles. The zero-order valence-electron chi connectivity index (χ0n) is 11.9. The summed E-state index contributed by atoms with van der Waals surface area (Å²) in [6, 6.07) is 12.2. The summed E-state index contributed by atoms with van der Waals surface area (Å²) in [4.78, 5) is 4.66. The molecule has 3 nitrogen and oxygen atoms in total. The van der Waals surface area contributed by atoms with E-state index in [0.717, 1.165) is 21.5 Å². The number of halogens is 1. The molecule has 0 amide bonds. The van der Waals surface area contributed by atoms with Crippen LogP contribution in [0.1, 0.15) is 12.5 Å². The number of benzene rings is 1. The molecule has 0 unspecified atom stereocenters. The summed E-state index contributed by atoms with van der Waals surface area (Å²) in [5, 5.41) is 3.32. The van der Waals surface area contributed by atoms with Crippen molar-refractivity contribution in [1.82, 2.24) is 4.57 Å². The third-order valence-corrected chi connectivity index (χ3v) is 3.54. The molecule has 1 aromatic heterocycles. The van der Waals surface area contributed by atoms with Gasteiger partial charge in [-0.25, -0.2) is 4.99 Å². The van der Waals surface area contributed by atoms with Crippen molar-refractivity contribution in [1.29, 1.82) is 0 Å². The van der Waals surface area contributed by atoms with Crippen LogP contribution in [-0.4, -0.2) is 4.57 Å². The molecule has 0 radical (unpaired) electrons. The van der Waals surface area contributed by atoms with Gasteiger partial charge in [0.2, 0.25) is 0 Å². The van der Waals surface area contributed by atoms with E-state index >= 15 is 0 Å². The fourth-order valence-corrected chi connectivity index (χ4v) is 2.29. The molecule has 4 heteroatoms. The van der Waals surface area contributed by atoms with Crippen LogP contribution in [0.3, 0.4) is 0 Å². The van der Waals surface area contributed by atoms with Gasteiger partial charge in [-0.05, 0) is 60.1 Å². The molecule has 0 saturated heterocycles. The van der Waals surface area contributed by atoms with Crippen molar-refractivity contribution >= 4 is 21.6 Å². The van der Waals surface area contributed by atoms with Crippen LogP contribution in [0.15, 0.2) is 64.0 Å². The number of aryl methyl sites for hydroxylation is 2. The topological polar surface area (TPSA) is 29.3 Å². The standard InChI is InChI=1S/C16H18BrN3/c1-4-15(18-13-9-7-12(2)8-10-13)19-16-14(17)6-5-11-20(16)3/h4-11,18H,1-3H3/b15-4?,19-16-. The largest absolute Gasteiger partial charge is 0.340 e. The number of pyridine rings is 1. The minimum absolute atomic E-state index is 0.816. The Kier molecular flexibility index (Phi) is 4.79. The van der Waals surface area contributed by atoms with Crippen LogP contribution in [0.25, 0.3) is 0 Å². The number of aromatic nitrogens is 1. The lowest BCUT2D eigenvalue weighted by Crippen LogP contribution is -2.19. The summed E-state index contributed by atoms with van der Waals surface area (Å²) in [7, 11) is 1.97. The number of nitrogens with one attached hydrogen (secondary N) is 1. The smallest absolute Gasteiger partial charge is 0.149 e. The van der Waals surface area contributed by atoms with Crippen molar-refractivity contribution in [2.75, 3.05) is 5.32 Å². The van der Waals surface area contributed by atoms with E-state index in [0.29, 0.717) is 0 Å². The quantitative estimate of drug-likeness (QED) is 0.905. The minimum Gasteiger partial charge on any atom is -0.340 e. The first kappa shape index (κ1) is 14.6. The first-order valence-corrected chi connectivity index (χ1v) is 7.25. The van der Waals surface area contributed by atoms with Crippen molar-refractivity contribution in [2.24, 2.45) is 12.0 Å². The number of allylic oxidation sites excluding steroid dienone is 1. The lowest BCUT2D eigenvalue weighted by atomic mass is 10.2. The molecule has 20 heavy (non-hydrogen) atoms. The second-order valence-electron chi connectivity index (χ2n) is 4.57. The highest BCUT2D eigenvalue weighted by Crippen LogP contribution is 2.12. The first-order chi connectivity index (χ1) is 9.60. The van der Waals surface area contributed by atoms with Crippen LogP contribution in [0.4, 0.5) is 5.69 Å². The summed E-state index contributed by atoms with van der Waals surface area (Å²) < 4.78 is 2.94. The maximum Gasteiger partial charge on any atom is 0.149 e. The average molecular weight is 332 g/mol. The van der Waals surface area contributed by atoms with Gasteiger partial charge in [-0.1, -0.05) is 17.7 Å². The highest BCUT2D eigenvalue weighted by Gasteiger charge is 1.98. The van der Waals surface area contributed by atoms with E-state index in [-0.39, 0.29) is 0 Å². The van der Waals surface area contributed by atoms with E-state index in [1.54, 1.807) is 0 Å². The molecule has 0 aliphatic heterocycles. The number of nitrogens with zero attached hydrogens (tertiary/aromatic N) is 2. The van der Waals surface area contributed by atoms with Gasteiger partial charge < -0.3 is 9.88 Å². The molecule has 1 N–H and O–H groups in total. The fourth-order valence-electron chi connectivity index (χ4n) is 1.77. The molecular weight excluding hydrogens is 314 g/mol. The Bertz CT molecular complexity index is 658. The second-order valence-corrected chi connectivity index (χ2v) is 5.42. The highest BCUT2D eigenvalue weighted by molar-refractivity contribution is 9.10. The van der Waals surface area contributed by atoms with E-state index < -0.39 is 0 Å². The molecule has 0 bridgehead atoms. The van der Waals surface area contributed by atoms with Crippen molar-refractivity contribution in [2.45, 2.75) is 13.8 Å². The monoisotopic (exact) mass is 331 g/mol. The van der Waals surface area contributed by atoms with Crippen molar-refractivity contribution in [3.63, 3.8) is 0 Å². The highest BCUT2D eigenvalue weighted by atomic mass is 79.9. The van der Waals surface area contributed by atoms with E-state index in [1.807, 2.05) is 55.1 Å². The van der Waals surface area contributed by atoms with E-state index in [2.05, 4.69) is 45.3 Å². The third kappa shape index (κ3) is 3.61. The summed E-state index contributed by atoms with van der Waals surface area (Å²) in [6.07, 6.45) is 3.93. The molecule has 0 aliphatic carbocycles. The maximum absolute atomic E-state index is 4.66. The van der Waals surface area contributed by atoms with Crippen LogP contribution in [0.2, 0.25) is 0 Å². The molecule has 0 atom stereocenters. The maximum atomic E-state index is 4.66. The Hall–Kier alpha value is -1.81. The Balaban J connectivity index is 2.33. The van der Waals surface area contributed by atoms with Crippen molar-refractivity contribution in [3.05, 3.63) is 70.0 Å². The van der Waals surface area contributed by atoms with Gasteiger partial charge in [0.05, 0.1) is 4.47 Å². The number of anilines is 1. The number of hydrogen-bond acceptors (Lipinski definition) is 2. The molecular formula is C16H18BrN3. The van der Waals surface area contributed by atoms with Crippen molar-refractivity contribution in [3.8, 4) is 0 Å². The predicted octanol–water partition coefficient (Wildman–Crippen LogP) is 3.97. The van der Waals surface area contributed by atoms with Crippen molar-refractivity contribution < 1.29 is 0 Å². The lowest BCUT2D eigenvalue weighted by molar-refractivity contribution is 0.820. The molecule has 104 valence electrons. The first-order valence-electron chi connectivity index (χ1n) is 6.46.